The Morgan fingerprint density at radius 2 is 1.47 bits per heavy atom. The molecule has 2 atom stereocenters. The number of halogens is 9. The summed E-state index contributed by atoms with van der Waals surface area (Å²) >= 11 is 0. The van der Waals surface area contributed by atoms with Crippen molar-refractivity contribution in [3.8, 4) is 0 Å². The lowest BCUT2D eigenvalue weighted by molar-refractivity contribution is -0.143. The summed E-state index contributed by atoms with van der Waals surface area (Å²) < 4.78 is 125. The summed E-state index contributed by atoms with van der Waals surface area (Å²) in [4.78, 5) is 14.1. The Hall–Kier alpha value is -2.96. The van der Waals surface area contributed by atoms with Gasteiger partial charge in [-0.1, -0.05) is 0 Å². The van der Waals surface area contributed by atoms with E-state index in [0.717, 1.165) is 31.0 Å². The predicted molar refractivity (Wildman–Crippen MR) is 118 cm³/mol. The normalized spacial score (nSPS) is 20.3. The summed E-state index contributed by atoms with van der Waals surface area (Å²) in [5, 5.41) is 2.85. The number of benzene rings is 2. The van der Waals surface area contributed by atoms with Gasteiger partial charge in [0, 0.05) is 18.6 Å². The van der Waals surface area contributed by atoms with Crippen molar-refractivity contribution in [3.63, 3.8) is 0 Å². The number of alkyl halides is 9. The highest BCUT2D eigenvalue weighted by Gasteiger charge is 2.45. The number of amides is 1. The van der Waals surface area contributed by atoms with E-state index in [9.17, 15) is 44.3 Å². The molecule has 1 fully saturated rings. The molecule has 13 heteroatoms. The first kappa shape index (κ1) is 28.1. The number of hydrogen-bond acceptors (Lipinski definition) is 3. The molecule has 2 aromatic carbocycles. The highest BCUT2D eigenvalue weighted by molar-refractivity contribution is 5.90. The fourth-order valence-corrected chi connectivity index (χ4v) is 4.75. The van der Waals surface area contributed by atoms with Crippen molar-refractivity contribution < 1.29 is 49.0 Å². The molecule has 2 aromatic rings. The number of carbonyl (C=O) groups is 1. The highest BCUT2D eigenvalue weighted by atomic mass is 19.4. The minimum atomic E-state index is -5.04. The van der Waals surface area contributed by atoms with Gasteiger partial charge in [-0.25, -0.2) is 4.79 Å². The second-order valence-electron chi connectivity index (χ2n) is 9.33. The summed E-state index contributed by atoms with van der Waals surface area (Å²) in [6.45, 7) is 1.13. The van der Waals surface area contributed by atoms with Gasteiger partial charge in [0.05, 0.1) is 29.0 Å². The average Bonchev–Trinajstić information content (AvgIpc) is 3.65. The third-order valence-corrected chi connectivity index (χ3v) is 6.63. The molecule has 4 nitrogen and oxygen atoms in total. The number of anilines is 1. The van der Waals surface area contributed by atoms with Crippen LogP contribution in [0.5, 0.6) is 0 Å². The molecule has 0 radical (unpaired) electrons. The third kappa shape index (κ3) is 6.02. The largest absolute Gasteiger partial charge is 0.449 e. The van der Waals surface area contributed by atoms with E-state index in [2.05, 4.69) is 5.32 Å². The van der Waals surface area contributed by atoms with E-state index in [4.69, 9.17) is 4.74 Å². The van der Waals surface area contributed by atoms with Crippen LogP contribution in [0, 0.1) is 5.92 Å². The molecule has 0 bridgehead atoms. The van der Waals surface area contributed by atoms with Crippen molar-refractivity contribution in [1.29, 1.82) is 0 Å². The number of nitrogens with one attached hydrogen (secondary N) is 1. The number of nitrogens with zero attached hydrogens (tertiary/aromatic N) is 1. The van der Waals surface area contributed by atoms with Crippen LogP contribution in [0.3, 0.4) is 0 Å². The van der Waals surface area contributed by atoms with E-state index in [1.807, 2.05) is 0 Å². The Labute approximate surface area is 211 Å². The first-order chi connectivity index (χ1) is 17.6. The Bertz CT molecular complexity index is 1150. The maximum atomic E-state index is 13.5. The maximum Gasteiger partial charge on any atom is 0.416 e. The second kappa shape index (κ2) is 9.97. The molecule has 1 N–H and O–H groups in total. The number of fused-ring (bicyclic) bond motifs is 1. The monoisotopic (exact) mass is 554 g/mol. The Balaban J connectivity index is 1.72. The van der Waals surface area contributed by atoms with Crippen LogP contribution >= 0.6 is 0 Å². The highest BCUT2D eigenvalue weighted by Crippen LogP contribution is 2.48. The molecule has 1 aliphatic heterocycles. The summed E-state index contributed by atoms with van der Waals surface area (Å²) in [6.07, 6.45) is -13.9. The first-order valence-corrected chi connectivity index (χ1v) is 11.8. The zero-order chi connectivity index (χ0) is 28.0. The fraction of sp³-hybridized carbons (Fsp3) is 0.480. The molecule has 0 aromatic heterocycles. The summed E-state index contributed by atoms with van der Waals surface area (Å²) in [7, 11) is 0. The van der Waals surface area contributed by atoms with Crippen LogP contribution in [0.1, 0.15) is 60.0 Å². The molecule has 0 unspecified atom stereocenters. The van der Waals surface area contributed by atoms with Gasteiger partial charge in [-0.3, -0.25) is 4.90 Å². The molecule has 2 aliphatic rings. The van der Waals surface area contributed by atoms with E-state index in [-0.39, 0.29) is 41.8 Å². The van der Waals surface area contributed by atoms with Gasteiger partial charge in [0.15, 0.2) is 0 Å². The van der Waals surface area contributed by atoms with Crippen LogP contribution in [0.25, 0.3) is 0 Å². The first-order valence-electron chi connectivity index (χ1n) is 11.8. The van der Waals surface area contributed by atoms with Crippen LogP contribution < -0.4 is 10.2 Å². The molecule has 4 rings (SSSR count). The molecule has 0 saturated heterocycles. The number of carbonyl (C=O) groups excluding carboxylic acids is 1. The summed E-state index contributed by atoms with van der Waals surface area (Å²) in [5.74, 6) is 0.0320. The van der Waals surface area contributed by atoms with E-state index >= 15 is 0 Å². The van der Waals surface area contributed by atoms with Crippen molar-refractivity contribution in [2.24, 2.45) is 5.92 Å². The minimum absolute atomic E-state index is 0.00929. The molecule has 1 amide bonds. The molecule has 0 spiro atoms. The van der Waals surface area contributed by atoms with Crippen molar-refractivity contribution >= 4 is 11.8 Å². The van der Waals surface area contributed by atoms with Gasteiger partial charge in [-0.15, -0.1) is 0 Å². The van der Waals surface area contributed by atoms with Crippen LogP contribution in [-0.4, -0.2) is 18.7 Å². The summed E-state index contributed by atoms with van der Waals surface area (Å²) in [5.41, 5.74) is -4.12. The van der Waals surface area contributed by atoms with Crippen molar-refractivity contribution in [3.05, 3.63) is 64.2 Å². The van der Waals surface area contributed by atoms with Crippen LogP contribution in [0.2, 0.25) is 0 Å². The zero-order valence-electron chi connectivity index (χ0n) is 19.9. The van der Waals surface area contributed by atoms with Gasteiger partial charge < -0.3 is 10.1 Å². The van der Waals surface area contributed by atoms with Gasteiger partial charge in [-0.2, -0.15) is 39.5 Å². The van der Waals surface area contributed by atoms with Crippen LogP contribution in [0.15, 0.2) is 36.4 Å². The lowest BCUT2D eigenvalue weighted by atomic mass is 9.87. The van der Waals surface area contributed by atoms with Gasteiger partial charge in [-0.05, 0) is 79.6 Å². The fourth-order valence-electron chi connectivity index (χ4n) is 4.75. The Morgan fingerprint density at radius 1 is 0.895 bits per heavy atom. The zero-order valence-corrected chi connectivity index (χ0v) is 19.9. The maximum absolute atomic E-state index is 13.5. The van der Waals surface area contributed by atoms with Crippen molar-refractivity contribution in [2.45, 2.75) is 63.3 Å². The molecular weight excluding hydrogens is 531 g/mol. The standard InChI is InChI=1S/C25H23F9N2O2/c1-2-38-22(37)36-20-6-5-15(23(26,27)28)10-18(20)19(11-21(36)14-3-4-14)35-12-13-7-16(24(29,30)31)9-17(8-13)25(32,33)34/h5-10,14,19,21,35H,2-4,11-12H2,1H3/t19-,21-/m0/s1. The number of rotatable bonds is 5. The van der Waals surface area contributed by atoms with Crippen molar-refractivity contribution in [1.82, 2.24) is 5.32 Å². The van der Waals surface area contributed by atoms with E-state index in [1.165, 1.54) is 4.90 Å². The summed E-state index contributed by atoms with van der Waals surface area (Å²) in [6, 6.07) is 2.60. The van der Waals surface area contributed by atoms with Crippen LogP contribution in [-0.2, 0) is 29.8 Å². The van der Waals surface area contributed by atoms with Crippen molar-refractivity contribution in [2.75, 3.05) is 11.5 Å². The molecule has 1 aliphatic carbocycles. The molecular formula is C25H23F9N2O2. The third-order valence-electron chi connectivity index (χ3n) is 6.63. The van der Waals surface area contributed by atoms with E-state index < -0.39 is 59.9 Å². The van der Waals surface area contributed by atoms with Crippen LogP contribution in [0.4, 0.5) is 50.0 Å². The topological polar surface area (TPSA) is 41.6 Å². The second-order valence-corrected chi connectivity index (χ2v) is 9.33. The average molecular weight is 554 g/mol. The Kier molecular flexibility index (Phi) is 7.36. The van der Waals surface area contributed by atoms with Gasteiger partial charge in [0.25, 0.3) is 0 Å². The van der Waals surface area contributed by atoms with Gasteiger partial charge in [0.2, 0.25) is 0 Å². The minimum Gasteiger partial charge on any atom is -0.449 e. The SMILES string of the molecule is CCOC(=O)N1c2ccc(C(F)(F)F)cc2[C@@H](NCc2cc(C(F)(F)F)cc(C(F)(F)F)c2)C[C@H]1C1CC1. The quantitative estimate of drug-likeness (QED) is 0.385. The molecule has 208 valence electrons. The lowest BCUT2D eigenvalue weighted by Crippen LogP contribution is -2.48. The molecule has 38 heavy (non-hydrogen) atoms. The number of hydrogen-bond donors (Lipinski definition) is 1. The smallest absolute Gasteiger partial charge is 0.416 e. The number of ether oxygens (including phenoxy) is 1. The van der Waals surface area contributed by atoms with E-state index in [0.29, 0.717) is 12.1 Å². The predicted octanol–water partition coefficient (Wildman–Crippen LogP) is 7.72. The Morgan fingerprint density at radius 3 is 1.97 bits per heavy atom. The lowest BCUT2D eigenvalue weighted by Gasteiger charge is -2.41. The van der Waals surface area contributed by atoms with E-state index in [1.54, 1.807) is 6.92 Å². The van der Waals surface area contributed by atoms with Gasteiger partial charge >= 0.3 is 24.6 Å². The van der Waals surface area contributed by atoms with Gasteiger partial charge in [0.1, 0.15) is 0 Å². The molecule has 1 saturated carbocycles. The molecule has 1 heterocycles.